The number of rotatable bonds is 2. The summed E-state index contributed by atoms with van der Waals surface area (Å²) >= 11 is 0. The van der Waals surface area contributed by atoms with E-state index in [1.54, 1.807) is 6.92 Å². The summed E-state index contributed by atoms with van der Waals surface area (Å²) in [4.78, 5) is 22.9. The zero-order valence-corrected chi connectivity index (χ0v) is 10.3. The van der Waals surface area contributed by atoms with E-state index >= 15 is 0 Å². The van der Waals surface area contributed by atoms with Gasteiger partial charge in [-0.1, -0.05) is 0 Å². The van der Waals surface area contributed by atoms with E-state index in [0.29, 0.717) is 6.07 Å². The molecular weight excluding hydrogens is 270 g/mol. The molecule has 1 aromatic heterocycles. The lowest BCUT2D eigenvalue weighted by atomic mass is 10.1. The average Bonchev–Trinajstić information content (AvgIpc) is 2.40. The zero-order valence-electron chi connectivity index (χ0n) is 10.3. The number of nitrogens with zero attached hydrogens (tertiary/aromatic N) is 2. The molecule has 2 rings (SSSR count). The summed E-state index contributed by atoms with van der Waals surface area (Å²) in [6.45, 7) is 1.76. The molecule has 0 aliphatic heterocycles. The van der Waals surface area contributed by atoms with Crippen LogP contribution in [0.1, 0.15) is 22.8 Å². The monoisotopic (exact) mass is 278 g/mol. The van der Waals surface area contributed by atoms with Gasteiger partial charge < -0.3 is 9.67 Å². The molecule has 1 N–H and O–H groups in total. The molecule has 0 spiro atoms. The fraction of sp³-hybridized carbons (Fsp3) is 0.154. The number of aromatic nitrogens is 1. The Balaban J connectivity index is 3.11. The van der Waals surface area contributed by atoms with E-state index in [4.69, 9.17) is 10.4 Å². The van der Waals surface area contributed by atoms with Crippen molar-refractivity contribution >= 4 is 16.9 Å². The summed E-state index contributed by atoms with van der Waals surface area (Å²) in [7, 11) is 0. The summed E-state index contributed by atoms with van der Waals surface area (Å²) in [5.41, 5.74) is -2.65. The summed E-state index contributed by atoms with van der Waals surface area (Å²) in [5.74, 6) is -3.84. The molecule has 7 heteroatoms. The molecule has 0 amide bonds. The first kappa shape index (κ1) is 13.7. The summed E-state index contributed by atoms with van der Waals surface area (Å²) in [6.07, 6.45) is 0.981. The highest BCUT2D eigenvalue weighted by Crippen LogP contribution is 2.22. The number of nitriles is 1. The molecule has 2 aromatic rings. The Hall–Kier alpha value is -2.75. The smallest absolute Gasteiger partial charge is 0.341 e. The van der Waals surface area contributed by atoms with E-state index in [1.165, 1.54) is 6.07 Å². The maximum atomic E-state index is 14.1. The number of hydrogen-bond acceptors (Lipinski definition) is 3. The Kier molecular flexibility index (Phi) is 3.24. The molecule has 20 heavy (non-hydrogen) atoms. The van der Waals surface area contributed by atoms with Crippen molar-refractivity contribution in [3.8, 4) is 6.07 Å². The van der Waals surface area contributed by atoms with Gasteiger partial charge in [0.1, 0.15) is 23.0 Å². The van der Waals surface area contributed by atoms with Crippen LogP contribution in [0.15, 0.2) is 17.1 Å². The molecule has 0 aliphatic rings. The maximum absolute atomic E-state index is 14.1. The van der Waals surface area contributed by atoms with Crippen LogP contribution in [-0.4, -0.2) is 15.6 Å². The zero-order chi connectivity index (χ0) is 15.0. The highest BCUT2D eigenvalue weighted by atomic mass is 19.1. The fourth-order valence-corrected chi connectivity index (χ4v) is 1.99. The number of fused-ring (bicyclic) bond motifs is 1. The van der Waals surface area contributed by atoms with Gasteiger partial charge in [0.2, 0.25) is 5.43 Å². The normalized spacial score (nSPS) is 10.5. The van der Waals surface area contributed by atoms with Gasteiger partial charge in [0, 0.05) is 12.7 Å². The van der Waals surface area contributed by atoms with Crippen LogP contribution in [0.5, 0.6) is 0 Å². The van der Waals surface area contributed by atoms with Gasteiger partial charge in [0.05, 0.1) is 10.9 Å². The Morgan fingerprint density at radius 1 is 1.50 bits per heavy atom. The second-order valence-corrected chi connectivity index (χ2v) is 4.02. The Morgan fingerprint density at radius 3 is 2.65 bits per heavy atom. The number of benzene rings is 1. The molecule has 0 aliphatic carbocycles. The molecule has 0 saturated carbocycles. The third-order valence-corrected chi connectivity index (χ3v) is 2.94. The first-order chi connectivity index (χ1) is 9.42. The van der Waals surface area contributed by atoms with Crippen molar-refractivity contribution in [3.63, 3.8) is 0 Å². The van der Waals surface area contributed by atoms with Crippen molar-refractivity contribution in [2.75, 3.05) is 0 Å². The van der Waals surface area contributed by atoms with Gasteiger partial charge in [-0.3, -0.25) is 4.79 Å². The molecule has 102 valence electrons. The molecule has 0 atom stereocenters. The van der Waals surface area contributed by atoms with Crippen LogP contribution in [0, 0.1) is 23.0 Å². The van der Waals surface area contributed by atoms with Crippen molar-refractivity contribution in [2.24, 2.45) is 0 Å². The van der Waals surface area contributed by atoms with Crippen LogP contribution in [-0.2, 0) is 6.54 Å². The van der Waals surface area contributed by atoms with Crippen molar-refractivity contribution in [1.29, 1.82) is 5.26 Å². The van der Waals surface area contributed by atoms with E-state index in [1.807, 2.05) is 0 Å². The standard InChI is InChI=1S/C13H8F2N2O3/c1-2-17-5-8(13(19)20)12(18)6-3-9(14)7(4-16)10(15)11(6)17/h3,5H,2H2,1H3,(H,19,20). The van der Waals surface area contributed by atoms with Gasteiger partial charge in [-0.2, -0.15) is 5.26 Å². The second kappa shape index (κ2) is 4.74. The fourth-order valence-electron chi connectivity index (χ4n) is 1.99. The lowest BCUT2D eigenvalue weighted by molar-refractivity contribution is 0.0695. The summed E-state index contributed by atoms with van der Waals surface area (Å²) < 4.78 is 28.9. The van der Waals surface area contributed by atoms with E-state index < -0.39 is 39.5 Å². The predicted octanol–water partition coefficient (Wildman–Crippen LogP) is 1.87. The molecule has 0 unspecified atom stereocenters. The highest BCUT2D eigenvalue weighted by molar-refractivity contribution is 5.93. The topological polar surface area (TPSA) is 83.1 Å². The minimum absolute atomic E-state index is 0.157. The van der Waals surface area contributed by atoms with Crippen molar-refractivity contribution in [1.82, 2.24) is 4.57 Å². The molecular formula is C13H8F2N2O3. The van der Waals surface area contributed by atoms with Gasteiger partial charge in [0.15, 0.2) is 5.82 Å². The van der Waals surface area contributed by atoms with Crippen LogP contribution in [0.4, 0.5) is 8.78 Å². The molecule has 0 radical (unpaired) electrons. The van der Waals surface area contributed by atoms with Gasteiger partial charge in [0.25, 0.3) is 0 Å². The number of hydrogen-bond donors (Lipinski definition) is 1. The van der Waals surface area contributed by atoms with E-state index in [2.05, 4.69) is 0 Å². The average molecular weight is 278 g/mol. The Morgan fingerprint density at radius 2 is 2.15 bits per heavy atom. The Bertz CT molecular complexity index is 834. The largest absolute Gasteiger partial charge is 0.477 e. The first-order valence-electron chi connectivity index (χ1n) is 5.60. The van der Waals surface area contributed by atoms with Gasteiger partial charge in [-0.05, 0) is 13.0 Å². The molecule has 1 heterocycles. The third-order valence-electron chi connectivity index (χ3n) is 2.94. The quantitative estimate of drug-likeness (QED) is 0.909. The van der Waals surface area contributed by atoms with Crippen LogP contribution in [0.25, 0.3) is 10.9 Å². The number of carboxylic acid groups (broad SMARTS) is 1. The minimum Gasteiger partial charge on any atom is -0.477 e. The molecule has 5 nitrogen and oxygen atoms in total. The van der Waals surface area contributed by atoms with Crippen LogP contribution in [0.2, 0.25) is 0 Å². The number of pyridine rings is 1. The molecule has 0 fully saturated rings. The third kappa shape index (κ3) is 1.82. The summed E-state index contributed by atoms with van der Waals surface area (Å²) in [5, 5.41) is 17.3. The van der Waals surface area contributed by atoms with Crippen molar-refractivity contribution < 1.29 is 18.7 Å². The number of carbonyl (C=O) groups is 1. The van der Waals surface area contributed by atoms with E-state index in [0.717, 1.165) is 10.8 Å². The van der Waals surface area contributed by atoms with Crippen LogP contribution < -0.4 is 5.43 Å². The van der Waals surface area contributed by atoms with Crippen LogP contribution in [0.3, 0.4) is 0 Å². The number of aryl methyl sites for hydroxylation is 1. The summed E-state index contributed by atoms with van der Waals surface area (Å²) in [6, 6.07) is 2.07. The van der Waals surface area contributed by atoms with Gasteiger partial charge in [-0.15, -0.1) is 0 Å². The predicted molar refractivity (Wildman–Crippen MR) is 65.5 cm³/mol. The second-order valence-electron chi connectivity index (χ2n) is 4.02. The van der Waals surface area contributed by atoms with E-state index in [9.17, 15) is 18.4 Å². The minimum atomic E-state index is -1.48. The number of carboxylic acids is 1. The lowest BCUT2D eigenvalue weighted by Crippen LogP contribution is -2.20. The molecule has 0 bridgehead atoms. The maximum Gasteiger partial charge on any atom is 0.341 e. The van der Waals surface area contributed by atoms with E-state index in [-0.39, 0.29) is 12.1 Å². The van der Waals surface area contributed by atoms with Crippen molar-refractivity contribution in [3.05, 3.63) is 45.2 Å². The highest BCUT2D eigenvalue weighted by Gasteiger charge is 2.21. The number of halogens is 2. The van der Waals surface area contributed by atoms with Gasteiger partial charge in [-0.25, -0.2) is 13.6 Å². The molecule has 1 aromatic carbocycles. The first-order valence-corrected chi connectivity index (χ1v) is 5.60. The van der Waals surface area contributed by atoms with Crippen LogP contribution >= 0.6 is 0 Å². The lowest BCUT2D eigenvalue weighted by Gasteiger charge is -2.11. The SMILES string of the molecule is CCn1cc(C(=O)O)c(=O)c2cc(F)c(C#N)c(F)c21. The molecule has 0 saturated heterocycles. The van der Waals surface area contributed by atoms with Gasteiger partial charge >= 0.3 is 5.97 Å². The Labute approximate surface area is 111 Å². The van der Waals surface area contributed by atoms with Crippen molar-refractivity contribution in [2.45, 2.75) is 13.5 Å². The number of aromatic carboxylic acids is 1.